The van der Waals surface area contributed by atoms with Crippen LogP contribution in [0, 0.1) is 12.8 Å². The maximum atomic E-state index is 12.8. The Morgan fingerprint density at radius 2 is 1.83 bits per heavy atom. The lowest BCUT2D eigenvalue weighted by Gasteiger charge is -2.29. The van der Waals surface area contributed by atoms with Gasteiger partial charge in [-0.05, 0) is 67.1 Å². The molecule has 0 bridgehead atoms. The van der Waals surface area contributed by atoms with Crippen LogP contribution in [0.5, 0.6) is 0 Å². The van der Waals surface area contributed by atoms with Crippen LogP contribution in [-0.2, 0) is 15.1 Å². The van der Waals surface area contributed by atoms with E-state index in [1.807, 2.05) is 38.1 Å². The average Bonchev–Trinajstić information content (AvgIpc) is 3.36. The number of aromatic nitrogens is 1. The molecule has 2 amide bonds. The predicted molar refractivity (Wildman–Crippen MR) is 151 cm³/mol. The van der Waals surface area contributed by atoms with Crippen molar-refractivity contribution in [2.45, 2.75) is 38.9 Å². The van der Waals surface area contributed by atoms with Crippen molar-refractivity contribution < 1.29 is 45.3 Å². The quantitative estimate of drug-likeness (QED) is 0.288. The monoisotopic (exact) mass is 619 g/mol. The standard InChI is InChI=1S/C26H34F3N5O3.H2O4S/c1-17-3-4-21(31-25(36)34-6-5-19(15-34)14-26(27,28)29)13-22(17)20-11-23(30-18(2)16-35)32-24(12-20)33-7-9-37-10-8-33;1-5(2,3)4/h3-4,11-13,18-19,35H,5-10,14-16H2,1-2H3,(H,30,32)(H,31,36);(H2,1,2,3,4)/t18?,19-;/m0./s1. The van der Waals surface area contributed by atoms with Gasteiger partial charge < -0.3 is 30.3 Å². The number of morpholine rings is 1. The highest BCUT2D eigenvalue weighted by atomic mass is 32.3. The number of nitrogens with one attached hydrogen (secondary N) is 2. The van der Waals surface area contributed by atoms with E-state index < -0.39 is 34.9 Å². The Kier molecular flexibility index (Phi) is 11.4. The molecular weight excluding hydrogens is 583 g/mol. The molecule has 0 spiro atoms. The highest BCUT2D eigenvalue weighted by Crippen LogP contribution is 2.33. The molecule has 16 heteroatoms. The summed E-state index contributed by atoms with van der Waals surface area (Å²) in [7, 11) is -4.67. The lowest BCUT2D eigenvalue weighted by Crippen LogP contribution is -2.37. The molecule has 0 saturated carbocycles. The highest BCUT2D eigenvalue weighted by molar-refractivity contribution is 7.79. The van der Waals surface area contributed by atoms with Gasteiger partial charge in [-0.25, -0.2) is 9.78 Å². The number of aliphatic hydroxyl groups excluding tert-OH is 1. The number of hydrogen-bond acceptors (Lipinski definition) is 8. The first-order valence-electron chi connectivity index (χ1n) is 13.3. The van der Waals surface area contributed by atoms with Crippen LogP contribution in [0.15, 0.2) is 30.3 Å². The summed E-state index contributed by atoms with van der Waals surface area (Å²) in [4.78, 5) is 21.1. The summed E-state index contributed by atoms with van der Waals surface area (Å²) in [5.41, 5.74) is 3.34. The molecule has 4 rings (SSSR count). The van der Waals surface area contributed by atoms with E-state index >= 15 is 0 Å². The molecule has 234 valence electrons. The number of hydrogen-bond donors (Lipinski definition) is 5. The average molecular weight is 620 g/mol. The number of carbonyl (C=O) groups excluding carboxylic acids is 1. The van der Waals surface area contributed by atoms with E-state index in [4.69, 9.17) is 27.2 Å². The van der Waals surface area contributed by atoms with Gasteiger partial charge in [0.25, 0.3) is 0 Å². The largest absolute Gasteiger partial charge is 0.394 e. The van der Waals surface area contributed by atoms with Crippen molar-refractivity contribution in [2.24, 2.45) is 5.92 Å². The fourth-order valence-electron chi connectivity index (χ4n) is 4.72. The Morgan fingerprint density at radius 3 is 2.45 bits per heavy atom. The van der Waals surface area contributed by atoms with Crippen LogP contribution < -0.4 is 15.5 Å². The van der Waals surface area contributed by atoms with Crippen molar-refractivity contribution in [3.05, 3.63) is 35.9 Å². The van der Waals surface area contributed by atoms with E-state index in [2.05, 4.69) is 15.5 Å². The number of nitrogens with zero attached hydrogens (tertiary/aromatic N) is 3. The van der Waals surface area contributed by atoms with Gasteiger partial charge in [-0.1, -0.05) is 6.07 Å². The number of benzene rings is 1. The van der Waals surface area contributed by atoms with Crippen LogP contribution in [0.4, 0.5) is 35.3 Å². The molecule has 2 aliphatic rings. The number of urea groups is 1. The number of aryl methyl sites for hydroxylation is 1. The van der Waals surface area contributed by atoms with E-state index in [9.17, 15) is 23.1 Å². The second-order valence-electron chi connectivity index (χ2n) is 10.3. The maximum Gasteiger partial charge on any atom is 0.394 e. The molecule has 1 unspecified atom stereocenters. The van der Waals surface area contributed by atoms with Gasteiger partial charge in [0.15, 0.2) is 0 Å². The highest BCUT2D eigenvalue weighted by Gasteiger charge is 2.36. The summed E-state index contributed by atoms with van der Waals surface area (Å²) < 4.78 is 75.3. The van der Waals surface area contributed by atoms with E-state index in [-0.39, 0.29) is 19.2 Å². The molecule has 2 aliphatic heterocycles. The Balaban J connectivity index is 0.000000892. The third-order valence-corrected chi connectivity index (χ3v) is 6.71. The molecule has 2 saturated heterocycles. The summed E-state index contributed by atoms with van der Waals surface area (Å²) in [6.45, 7) is 6.84. The minimum Gasteiger partial charge on any atom is -0.394 e. The van der Waals surface area contributed by atoms with Crippen LogP contribution >= 0.6 is 0 Å². The third-order valence-electron chi connectivity index (χ3n) is 6.71. The van der Waals surface area contributed by atoms with Gasteiger partial charge in [-0.2, -0.15) is 21.6 Å². The fraction of sp³-hybridized carbons (Fsp3) is 0.538. The zero-order valence-electron chi connectivity index (χ0n) is 23.3. The summed E-state index contributed by atoms with van der Waals surface area (Å²) >= 11 is 0. The Labute approximate surface area is 242 Å². The number of pyridine rings is 1. The van der Waals surface area contributed by atoms with Crippen LogP contribution in [0.25, 0.3) is 11.1 Å². The number of halogens is 3. The van der Waals surface area contributed by atoms with Crippen LogP contribution in [-0.4, -0.2) is 96.8 Å². The van der Waals surface area contributed by atoms with Crippen molar-refractivity contribution in [1.29, 1.82) is 0 Å². The second kappa shape index (κ2) is 14.3. The molecule has 2 aromatic rings. The van der Waals surface area contributed by atoms with Gasteiger partial charge >= 0.3 is 22.6 Å². The van der Waals surface area contributed by atoms with Crippen molar-refractivity contribution >= 4 is 33.8 Å². The van der Waals surface area contributed by atoms with Crippen LogP contribution in [0.2, 0.25) is 0 Å². The first-order valence-corrected chi connectivity index (χ1v) is 14.7. The number of amides is 2. The van der Waals surface area contributed by atoms with E-state index in [1.54, 1.807) is 6.07 Å². The Bertz CT molecular complexity index is 1320. The molecule has 42 heavy (non-hydrogen) atoms. The van der Waals surface area contributed by atoms with Gasteiger partial charge in [0.05, 0.1) is 19.8 Å². The van der Waals surface area contributed by atoms with Crippen molar-refractivity contribution in [1.82, 2.24) is 9.88 Å². The van der Waals surface area contributed by atoms with E-state index in [0.29, 0.717) is 50.8 Å². The molecule has 1 aromatic carbocycles. The summed E-state index contributed by atoms with van der Waals surface area (Å²) in [6, 6.07) is 8.88. The number of likely N-dealkylation sites (tertiary alicyclic amines) is 1. The molecular formula is C26H36F3N5O7S. The Hall–Kier alpha value is -3.18. The maximum absolute atomic E-state index is 12.8. The lowest BCUT2D eigenvalue weighted by atomic mass is 10.00. The normalized spacial score (nSPS) is 18.2. The Morgan fingerprint density at radius 1 is 1.17 bits per heavy atom. The molecule has 12 nitrogen and oxygen atoms in total. The van der Waals surface area contributed by atoms with Gasteiger partial charge in [0.2, 0.25) is 0 Å². The predicted octanol–water partition coefficient (Wildman–Crippen LogP) is 3.84. The second-order valence-corrected chi connectivity index (χ2v) is 11.2. The molecule has 3 heterocycles. The smallest absolute Gasteiger partial charge is 0.394 e. The van der Waals surface area contributed by atoms with Gasteiger partial charge in [-0.3, -0.25) is 9.11 Å². The summed E-state index contributed by atoms with van der Waals surface area (Å²) in [5, 5.41) is 15.6. The molecule has 0 aliphatic carbocycles. The van der Waals surface area contributed by atoms with E-state index in [1.165, 1.54) is 4.90 Å². The summed E-state index contributed by atoms with van der Waals surface area (Å²) in [6.07, 6.45) is -4.75. The number of aliphatic hydroxyl groups is 1. The summed E-state index contributed by atoms with van der Waals surface area (Å²) in [5.74, 6) is 0.846. The van der Waals surface area contributed by atoms with Crippen molar-refractivity contribution in [2.75, 3.05) is 61.5 Å². The van der Waals surface area contributed by atoms with Gasteiger partial charge in [0, 0.05) is 44.3 Å². The molecule has 0 radical (unpaired) electrons. The topological polar surface area (TPSA) is 165 Å². The molecule has 2 fully saturated rings. The fourth-order valence-corrected chi connectivity index (χ4v) is 4.72. The minimum absolute atomic E-state index is 0.0420. The molecule has 5 N–H and O–H groups in total. The number of anilines is 3. The first-order chi connectivity index (χ1) is 19.6. The first kappa shape index (κ1) is 33.3. The number of ether oxygens (including phenoxy) is 1. The molecule has 2 atom stereocenters. The van der Waals surface area contributed by atoms with Gasteiger partial charge in [-0.15, -0.1) is 0 Å². The van der Waals surface area contributed by atoms with Gasteiger partial charge in [0.1, 0.15) is 11.6 Å². The van der Waals surface area contributed by atoms with Crippen LogP contribution in [0.3, 0.4) is 0 Å². The number of alkyl halides is 3. The SMILES string of the molecule is Cc1ccc(NC(=O)N2CC[C@@H](CC(F)(F)F)C2)cc1-c1cc(NC(C)CO)nc(N2CCOCC2)c1.O=S(=O)(O)O. The third kappa shape index (κ3) is 10.9. The minimum atomic E-state index is -4.67. The zero-order valence-corrected chi connectivity index (χ0v) is 24.1. The number of rotatable bonds is 7. The molecule has 1 aromatic heterocycles. The van der Waals surface area contributed by atoms with Crippen molar-refractivity contribution in [3.63, 3.8) is 0 Å². The lowest BCUT2D eigenvalue weighted by molar-refractivity contribution is -0.143. The van der Waals surface area contributed by atoms with Crippen molar-refractivity contribution in [3.8, 4) is 11.1 Å². The van der Waals surface area contributed by atoms with Crippen LogP contribution in [0.1, 0.15) is 25.3 Å². The number of carbonyl (C=O) groups is 1. The van der Waals surface area contributed by atoms with E-state index in [0.717, 1.165) is 22.5 Å². The zero-order chi connectivity index (χ0) is 31.1.